The standard InChI is InChI=1S/C18H23NO/c1-3-5-6-15-13-14(4-2)7-12-18(15)20-17-10-8-16(19)9-11-17/h7-13H,3-6,19H2,1-2H3. The first-order valence-corrected chi connectivity index (χ1v) is 7.38. The zero-order chi connectivity index (χ0) is 14.4. The van der Waals surface area contributed by atoms with Gasteiger partial charge in [-0.15, -0.1) is 0 Å². The van der Waals surface area contributed by atoms with Crippen molar-refractivity contribution in [3.8, 4) is 11.5 Å². The number of ether oxygens (including phenoxy) is 1. The van der Waals surface area contributed by atoms with Gasteiger partial charge in [0.1, 0.15) is 11.5 Å². The van der Waals surface area contributed by atoms with E-state index < -0.39 is 0 Å². The number of nitrogens with two attached hydrogens (primary N) is 1. The van der Waals surface area contributed by atoms with Gasteiger partial charge in [0, 0.05) is 5.69 Å². The van der Waals surface area contributed by atoms with Crippen molar-refractivity contribution >= 4 is 5.69 Å². The van der Waals surface area contributed by atoms with Crippen molar-refractivity contribution in [3.63, 3.8) is 0 Å². The Kier molecular flexibility index (Phi) is 5.05. The molecule has 0 atom stereocenters. The Bertz CT molecular complexity index is 546. The molecular formula is C18H23NO. The van der Waals surface area contributed by atoms with Crippen molar-refractivity contribution in [2.75, 3.05) is 5.73 Å². The minimum Gasteiger partial charge on any atom is -0.457 e. The number of benzene rings is 2. The summed E-state index contributed by atoms with van der Waals surface area (Å²) in [5, 5.41) is 0. The molecule has 106 valence electrons. The molecule has 0 aromatic heterocycles. The van der Waals surface area contributed by atoms with Gasteiger partial charge in [-0.1, -0.05) is 32.4 Å². The number of hydrogen-bond donors (Lipinski definition) is 1. The summed E-state index contributed by atoms with van der Waals surface area (Å²) >= 11 is 0. The fraction of sp³-hybridized carbons (Fsp3) is 0.333. The molecule has 0 spiro atoms. The molecule has 20 heavy (non-hydrogen) atoms. The molecule has 2 nitrogen and oxygen atoms in total. The smallest absolute Gasteiger partial charge is 0.130 e. The van der Waals surface area contributed by atoms with Crippen LogP contribution >= 0.6 is 0 Å². The second kappa shape index (κ2) is 6.99. The molecular weight excluding hydrogens is 246 g/mol. The molecule has 0 aliphatic carbocycles. The summed E-state index contributed by atoms with van der Waals surface area (Å²) in [7, 11) is 0. The highest BCUT2D eigenvalue weighted by Gasteiger charge is 2.06. The highest BCUT2D eigenvalue weighted by Crippen LogP contribution is 2.28. The Morgan fingerprint density at radius 2 is 1.75 bits per heavy atom. The van der Waals surface area contributed by atoms with E-state index in [-0.39, 0.29) is 0 Å². The number of unbranched alkanes of at least 4 members (excludes halogenated alkanes) is 1. The van der Waals surface area contributed by atoms with E-state index in [2.05, 4.69) is 32.0 Å². The Hall–Kier alpha value is -1.96. The van der Waals surface area contributed by atoms with Crippen LogP contribution in [0.25, 0.3) is 0 Å². The predicted molar refractivity (Wildman–Crippen MR) is 85.4 cm³/mol. The van der Waals surface area contributed by atoms with E-state index in [4.69, 9.17) is 10.5 Å². The van der Waals surface area contributed by atoms with E-state index in [0.717, 1.165) is 30.0 Å². The third-order valence-corrected chi connectivity index (χ3v) is 3.44. The van der Waals surface area contributed by atoms with Gasteiger partial charge in [-0.25, -0.2) is 0 Å². The van der Waals surface area contributed by atoms with Crippen LogP contribution in [0.15, 0.2) is 42.5 Å². The first-order chi connectivity index (χ1) is 9.72. The molecule has 2 aromatic rings. The highest BCUT2D eigenvalue weighted by molar-refractivity contribution is 5.45. The predicted octanol–water partition coefficient (Wildman–Crippen LogP) is 4.97. The quantitative estimate of drug-likeness (QED) is 0.752. The van der Waals surface area contributed by atoms with Crippen LogP contribution in [0.3, 0.4) is 0 Å². The van der Waals surface area contributed by atoms with E-state index in [1.807, 2.05) is 24.3 Å². The van der Waals surface area contributed by atoms with Gasteiger partial charge in [0.25, 0.3) is 0 Å². The summed E-state index contributed by atoms with van der Waals surface area (Å²) in [6, 6.07) is 14.0. The van der Waals surface area contributed by atoms with E-state index in [1.54, 1.807) is 0 Å². The summed E-state index contributed by atoms with van der Waals surface area (Å²) in [5.41, 5.74) is 9.11. The first-order valence-electron chi connectivity index (χ1n) is 7.38. The number of nitrogen functional groups attached to an aromatic ring is 1. The van der Waals surface area contributed by atoms with Crippen molar-refractivity contribution in [3.05, 3.63) is 53.6 Å². The minimum absolute atomic E-state index is 0.755. The van der Waals surface area contributed by atoms with Crippen LogP contribution in [-0.4, -0.2) is 0 Å². The van der Waals surface area contributed by atoms with Gasteiger partial charge in [0.15, 0.2) is 0 Å². The molecule has 0 unspecified atom stereocenters. The maximum Gasteiger partial charge on any atom is 0.130 e. The van der Waals surface area contributed by atoms with Crippen molar-refractivity contribution in [1.82, 2.24) is 0 Å². The summed E-state index contributed by atoms with van der Waals surface area (Å²) in [5.74, 6) is 1.79. The first kappa shape index (κ1) is 14.4. The molecule has 0 amide bonds. The van der Waals surface area contributed by atoms with Gasteiger partial charge in [-0.2, -0.15) is 0 Å². The maximum absolute atomic E-state index is 6.01. The molecule has 2 aromatic carbocycles. The van der Waals surface area contributed by atoms with Crippen LogP contribution < -0.4 is 10.5 Å². The summed E-state index contributed by atoms with van der Waals surface area (Å²) < 4.78 is 6.01. The molecule has 0 saturated carbocycles. The molecule has 2 N–H and O–H groups in total. The van der Waals surface area contributed by atoms with E-state index >= 15 is 0 Å². The molecule has 0 saturated heterocycles. The van der Waals surface area contributed by atoms with E-state index in [9.17, 15) is 0 Å². The molecule has 2 heteroatoms. The molecule has 0 aliphatic heterocycles. The molecule has 0 aliphatic rings. The summed E-state index contributed by atoms with van der Waals surface area (Å²) in [4.78, 5) is 0. The zero-order valence-electron chi connectivity index (χ0n) is 12.4. The topological polar surface area (TPSA) is 35.2 Å². The second-order valence-electron chi connectivity index (χ2n) is 5.07. The number of rotatable bonds is 6. The molecule has 2 rings (SSSR count). The Morgan fingerprint density at radius 3 is 2.40 bits per heavy atom. The Morgan fingerprint density at radius 1 is 1.00 bits per heavy atom. The lowest BCUT2D eigenvalue weighted by Crippen LogP contribution is -1.95. The zero-order valence-corrected chi connectivity index (χ0v) is 12.4. The average molecular weight is 269 g/mol. The fourth-order valence-corrected chi connectivity index (χ4v) is 2.18. The SMILES string of the molecule is CCCCc1cc(CC)ccc1Oc1ccc(N)cc1. The van der Waals surface area contributed by atoms with Crippen molar-refractivity contribution < 1.29 is 4.74 Å². The lowest BCUT2D eigenvalue weighted by Gasteiger charge is -2.12. The van der Waals surface area contributed by atoms with Gasteiger partial charge in [-0.05, 0) is 60.7 Å². The number of anilines is 1. The Labute approximate surface area is 121 Å². The van der Waals surface area contributed by atoms with Crippen molar-refractivity contribution in [1.29, 1.82) is 0 Å². The van der Waals surface area contributed by atoms with Gasteiger partial charge >= 0.3 is 0 Å². The number of hydrogen-bond acceptors (Lipinski definition) is 2. The van der Waals surface area contributed by atoms with Gasteiger partial charge < -0.3 is 10.5 Å². The highest BCUT2D eigenvalue weighted by atomic mass is 16.5. The summed E-state index contributed by atoms with van der Waals surface area (Å²) in [6.07, 6.45) is 4.50. The lowest BCUT2D eigenvalue weighted by molar-refractivity contribution is 0.475. The van der Waals surface area contributed by atoms with Crippen LogP contribution in [-0.2, 0) is 12.8 Å². The third-order valence-electron chi connectivity index (χ3n) is 3.44. The normalized spacial score (nSPS) is 10.5. The monoisotopic (exact) mass is 269 g/mol. The van der Waals surface area contributed by atoms with Crippen LogP contribution in [0.2, 0.25) is 0 Å². The van der Waals surface area contributed by atoms with E-state index in [1.165, 1.54) is 24.0 Å². The average Bonchev–Trinajstić information content (AvgIpc) is 2.48. The van der Waals surface area contributed by atoms with Crippen LogP contribution in [0.1, 0.15) is 37.8 Å². The van der Waals surface area contributed by atoms with Gasteiger partial charge in [-0.3, -0.25) is 0 Å². The maximum atomic E-state index is 6.01. The van der Waals surface area contributed by atoms with Gasteiger partial charge in [0.2, 0.25) is 0 Å². The summed E-state index contributed by atoms with van der Waals surface area (Å²) in [6.45, 7) is 4.39. The molecule has 0 heterocycles. The third kappa shape index (κ3) is 3.77. The van der Waals surface area contributed by atoms with Crippen LogP contribution in [0.4, 0.5) is 5.69 Å². The van der Waals surface area contributed by atoms with Crippen LogP contribution in [0, 0.1) is 0 Å². The van der Waals surface area contributed by atoms with Crippen molar-refractivity contribution in [2.24, 2.45) is 0 Å². The lowest BCUT2D eigenvalue weighted by atomic mass is 10.0. The van der Waals surface area contributed by atoms with Crippen LogP contribution in [0.5, 0.6) is 11.5 Å². The second-order valence-corrected chi connectivity index (χ2v) is 5.07. The minimum atomic E-state index is 0.755. The van der Waals surface area contributed by atoms with E-state index in [0.29, 0.717) is 0 Å². The van der Waals surface area contributed by atoms with Gasteiger partial charge in [0.05, 0.1) is 0 Å². The largest absolute Gasteiger partial charge is 0.457 e. The molecule has 0 radical (unpaired) electrons. The molecule has 0 bridgehead atoms. The fourth-order valence-electron chi connectivity index (χ4n) is 2.18. The Balaban J connectivity index is 2.22. The number of aryl methyl sites for hydroxylation is 2. The van der Waals surface area contributed by atoms with Crippen molar-refractivity contribution in [2.45, 2.75) is 39.5 Å². The molecule has 0 fully saturated rings.